The van der Waals surface area contributed by atoms with Gasteiger partial charge >= 0.3 is 0 Å². The third-order valence-electron chi connectivity index (χ3n) is 7.66. The fourth-order valence-corrected chi connectivity index (χ4v) is 5.55. The summed E-state index contributed by atoms with van der Waals surface area (Å²) in [6.45, 7) is 8.21. The van der Waals surface area contributed by atoms with Crippen LogP contribution in [0.5, 0.6) is 0 Å². The SMILES string of the molecule is CC(C)C(=O)C1CCC(C(=O)N2CCC(N(C)C3CCN(C)CC3)CC2)CC1. The highest BCUT2D eigenvalue weighted by Gasteiger charge is 2.35. The molecule has 0 radical (unpaired) electrons. The van der Waals surface area contributed by atoms with Crippen molar-refractivity contribution >= 4 is 11.7 Å². The Kier molecular flexibility index (Phi) is 7.54. The van der Waals surface area contributed by atoms with Crippen molar-refractivity contribution < 1.29 is 9.59 Å². The van der Waals surface area contributed by atoms with Crippen molar-refractivity contribution in [2.75, 3.05) is 40.3 Å². The Morgan fingerprint density at radius 3 is 1.75 bits per heavy atom. The van der Waals surface area contributed by atoms with E-state index in [9.17, 15) is 9.59 Å². The number of Topliss-reactive ketones (excluding diaryl/α,β-unsaturated/α-hetero) is 1. The number of hydrogen-bond acceptors (Lipinski definition) is 4. The molecule has 28 heavy (non-hydrogen) atoms. The number of amides is 1. The van der Waals surface area contributed by atoms with E-state index in [0.29, 0.717) is 23.8 Å². The second-order valence-electron chi connectivity index (χ2n) is 9.86. The Morgan fingerprint density at radius 2 is 1.25 bits per heavy atom. The first-order valence-corrected chi connectivity index (χ1v) is 11.6. The van der Waals surface area contributed by atoms with E-state index in [2.05, 4.69) is 28.8 Å². The molecule has 1 amide bonds. The third-order valence-corrected chi connectivity index (χ3v) is 7.66. The molecule has 0 aromatic rings. The summed E-state index contributed by atoms with van der Waals surface area (Å²) in [7, 11) is 4.51. The number of likely N-dealkylation sites (tertiary alicyclic amines) is 2. The molecule has 0 atom stereocenters. The van der Waals surface area contributed by atoms with E-state index in [0.717, 1.165) is 51.6 Å². The largest absolute Gasteiger partial charge is 0.342 e. The van der Waals surface area contributed by atoms with Gasteiger partial charge in [-0.25, -0.2) is 0 Å². The van der Waals surface area contributed by atoms with E-state index >= 15 is 0 Å². The van der Waals surface area contributed by atoms with Gasteiger partial charge in [0, 0.05) is 42.9 Å². The van der Waals surface area contributed by atoms with Gasteiger partial charge in [0.25, 0.3) is 0 Å². The van der Waals surface area contributed by atoms with Crippen LogP contribution in [0.1, 0.15) is 65.2 Å². The van der Waals surface area contributed by atoms with E-state index in [4.69, 9.17) is 0 Å². The highest BCUT2D eigenvalue weighted by Crippen LogP contribution is 2.33. The van der Waals surface area contributed by atoms with Gasteiger partial charge in [-0.15, -0.1) is 0 Å². The van der Waals surface area contributed by atoms with E-state index in [1.54, 1.807) is 0 Å². The molecule has 0 unspecified atom stereocenters. The average molecular weight is 392 g/mol. The molecule has 5 nitrogen and oxygen atoms in total. The quantitative estimate of drug-likeness (QED) is 0.723. The maximum absolute atomic E-state index is 13.0. The van der Waals surface area contributed by atoms with Crippen LogP contribution in [0.25, 0.3) is 0 Å². The Morgan fingerprint density at radius 1 is 0.786 bits per heavy atom. The Labute approximate surface area is 171 Å². The minimum Gasteiger partial charge on any atom is -0.342 e. The molecule has 3 aliphatic rings. The molecule has 3 fully saturated rings. The van der Waals surface area contributed by atoms with Crippen LogP contribution >= 0.6 is 0 Å². The van der Waals surface area contributed by atoms with E-state index in [-0.39, 0.29) is 17.8 Å². The summed E-state index contributed by atoms with van der Waals surface area (Å²) < 4.78 is 0. The van der Waals surface area contributed by atoms with Crippen molar-refractivity contribution in [3.63, 3.8) is 0 Å². The number of hydrogen-bond donors (Lipinski definition) is 0. The molecule has 5 heteroatoms. The Bertz CT molecular complexity index is 526. The second-order valence-corrected chi connectivity index (χ2v) is 9.86. The van der Waals surface area contributed by atoms with Crippen molar-refractivity contribution in [1.29, 1.82) is 0 Å². The molecule has 0 N–H and O–H groups in total. The lowest BCUT2D eigenvalue weighted by Gasteiger charge is -2.43. The van der Waals surface area contributed by atoms with Crippen LogP contribution in [0.3, 0.4) is 0 Å². The van der Waals surface area contributed by atoms with Crippen LogP contribution in [0.4, 0.5) is 0 Å². The van der Waals surface area contributed by atoms with Gasteiger partial charge in [0.1, 0.15) is 5.78 Å². The lowest BCUT2D eigenvalue weighted by Crippen LogP contribution is -2.51. The fourth-order valence-electron chi connectivity index (χ4n) is 5.55. The second kappa shape index (κ2) is 9.71. The van der Waals surface area contributed by atoms with Gasteiger partial charge in [0.2, 0.25) is 5.91 Å². The molecular weight excluding hydrogens is 350 g/mol. The summed E-state index contributed by atoms with van der Waals surface area (Å²) in [5.74, 6) is 1.22. The van der Waals surface area contributed by atoms with Gasteiger partial charge in [-0.3, -0.25) is 9.59 Å². The van der Waals surface area contributed by atoms with Crippen molar-refractivity contribution in [1.82, 2.24) is 14.7 Å². The number of ketones is 1. The summed E-state index contributed by atoms with van der Waals surface area (Å²) >= 11 is 0. The number of nitrogens with zero attached hydrogens (tertiary/aromatic N) is 3. The van der Waals surface area contributed by atoms with Crippen molar-refractivity contribution in [2.24, 2.45) is 17.8 Å². The van der Waals surface area contributed by atoms with Crippen LogP contribution in [0.2, 0.25) is 0 Å². The van der Waals surface area contributed by atoms with Crippen LogP contribution in [0.15, 0.2) is 0 Å². The van der Waals surface area contributed by atoms with Gasteiger partial charge in [-0.05, 0) is 78.6 Å². The standard InChI is InChI=1S/C23H41N3O2/c1-17(2)22(27)18-5-7-19(8-6-18)23(28)26-15-11-21(12-16-26)25(4)20-9-13-24(3)14-10-20/h17-21H,5-16H2,1-4H3. The van der Waals surface area contributed by atoms with Gasteiger partial charge in [0.05, 0.1) is 0 Å². The first-order chi connectivity index (χ1) is 13.4. The lowest BCUT2D eigenvalue weighted by atomic mass is 9.77. The zero-order valence-corrected chi connectivity index (χ0v) is 18.5. The lowest BCUT2D eigenvalue weighted by molar-refractivity contribution is -0.140. The molecular formula is C23H41N3O2. The van der Waals surface area contributed by atoms with Crippen LogP contribution in [-0.2, 0) is 9.59 Å². The highest BCUT2D eigenvalue weighted by molar-refractivity contribution is 5.83. The first kappa shape index (κ1) is 21.8. The smallest absolute Gasteiger partial charge is 0.225 e. The summed E-state index contributed by atoms with van der Waals surface area (Å²) in [6.07, 6.45) is 8.36. The number of rotatable bonds is 5. The summed E-state index contributed by atoms with van der Waals surface area (Å²) in [5.41, 5.74) is 0. The summed E-state index contributed by atoms with van der Waals surface area (Å²) in [4.78, 5) is 32.4. The first-order valence-electron chi connectivity index (χ1n) is 11.6. The molecule has 0 aromatic heterocycles. The van der Waals surface area contributed by atoms with Crippen LogP contribution < -0.4 is 0 Å². The molecule has 3 rings (SSSR count). The van der Waals surface area contributed by atoms with Crippen LogP contribution in [-0.4, -0.2) is 78.7 Å². The van der Waals surface area contributed by atoms with E-state index < -0.39 is 0 Å². The molecule has 1 saturated carbocycles. The van der Waals surface area contributed by atoms with E-state index in [1.807, 2.05) is 13.8 Å². The highest BCUT2D eigenvalue weighted by atomic mass is 16.2. The molecule has 2 heterocycles. The van der Waals surface area contributed by atoms with Crippen molar-refractivity contribution in [3.05, 3.63) is 0 Å². The fraction of sp³-hybridized carbons (Fsp3) is 0.913. The molecule has 2 saturated heterocycles. The maximum atomic E-state index is 13.0. The predicted octanol–water partition coefficient (Wildman–Crippen LogP) is 3.03. The van der Waals surface area contributed by atoms with Gasteiger partial charge in [0.15, 0.2) is 0 Å². The minimum absolute atomic E-state index is 0.123. The third kappa shape index (κ3) is 5.15. The summed E-state index contributed by atoms with van der Waals surface area (Å²) in [6, 6.07) is 1.33. The molecule has 0 spiro atoms. The van der Waals surface area contributed by atoms with Crippen LogP contribution in [0, 0.1) is 17.8 Å². The number of carbonyl (C=O) groups excluding carboxylic acids is 2. The monoisotopic (exact) mass is 391 g/mol. The number of carbonyl (C=O) groups is 2. The molecule has 1 aliphatic carbocycles. The van der Waals surface area contributed by atoms with Gasteiger partial charge < -0.3 is 14.7 Å². The Hall–Kier alpha value is -0.940. The molecule has 0 aromatic carbocycles. The zero-order valence-electron chi connectivity index (χ0n) is 18.5. The predicted molar refractivity (Wildman–Crippen MR) is 113 cm³/mol. The Balaban J connectivity index is 1.42. The summed E-state index contributed by atoms with van der Waals surface area (Å²) in [5, 5.41) is 0. The maximum Gasteiger partial charge on any atom is 0.225 e. The normalized spacial score (nSPS) is 28.9. The van der Waals surface area contributed by atoms with Crippen molar-refractivity contribution in [2.45, 2.75) is 77.3 Å². The van der Waals surface area contributed by atoms with Gasteiger partial charge in [-0.2, -0.15) is 0 Å². The minimum atomic E-state index is 0.123. The number of piperidine rings is 2. The zero-order chi connectivity index (χ0) is 20.3. The van der Waals surface area contributed by atoms with E-state index in [1.165, 1.54) is 25.9 Å². The molecule has 2 aliphatic heterocycles. The van der Waals surface area contributed by atoms with Gasteiger partial charge in [-0.1, -0.05) is 13.8 Å². The van der Waals surface area contributed by atoms with Crippen molar-refractivity contribution in [3.8, 4) is 0 Å². The molecule has 0 bridgehead atoms. The molecule has 160 valence electrons. The topological polar surface area (TPSA) is 43.9 Å². The average Bonchev–Trinajstić information content (AvgIpc) is 2.73.